The number of amides is 1. The Labute approximate surface area is 152 Å². The van der Waals surface area contributed by atoms with Crippen LogP contribution in [0.25, 0.3) is 0 Å². The first-order valence-electron chi connectivity index (χ1n) is 8.44. The minimum Gasteiger partial charge on any atom is -0.387 e. The standard InChI is InChI=1S/C19H23N3O4/c1-14(15-7-4-3-5-8-15)26-12-6-11-21-19(23)17-13-16(22(24)25)9-10-18(17)20-2/h3-5,7-10,13-14,20H,6,11-12H2,1-2H3,(H,21,23). The van der Waals surface area contributed by atoms with Gasteiger partial charge in [0.05, 0.1) is 16.6 Å². The maximum atomic E-state index is 12.3. The molecule has 0 bridgehead atoms. The van der Waals surface area contributed by atoms with E-state index in [2.05, 4.69) is 10.6 Å². The zero-order valence-electron chi connectivity index (χ0n) is 14.9. The first-order chi connectivity index (χ1) is 12.5. The van der Waals surface area contributed by atoms with E-state index in [0.29, 0.717) is 25.3 Å². The highest BCUT2D eigenvalue weighted by molar-refractivity contribution is 6.00. The third kappa shape index (κ3) is 5.29. The van der Waals surface area contributed by atoms with Crippen molar-refractivity contribution in [3.63, 3.8) is 0 Å². The number of carbonyl (C=O) groups excluding carboxylic acids is 1. The summed E-state index contributed by atoms with van der Waals surface area (Å²) >= 11 is 0. The molecule has 26 heavy (non-hydrogen) atoms. The second kappa shape index (κ2) is 9.53. The van der Waals surface area contributed by atoms with Crippen molar-refractivity contribution in [2.75, 3.05) is 25.5 Å². The topological polar surface area (TPSA) is 93.5 Å². The van der Waals surface area contributed by atoms with Gasteiger partial charge in [0.1, 0.15) is 0 Å². The Morgan fingerprint density at radius 1 is 1.23 bits per heavy atom. The summed E-state index contributed by atoms with van der Waals surface area (Å²) in [4.78, 5) is 22.7. The Morgan fingerprint density at radius 2 is 1.96 bits per heavy atom. The smallest absolute Gasteiger partial charge is 0.270 e. The minimum atomic E-state index is -0.519. The fourth-order valence-corrected chi connectivity index (χ4v) is 2.50. The van der Waals surface area contributed by atoms with Gasteiger partial charge in [0, 0.05) is 38.0 Å². The highest BCUT2D eigenvalue weighted by Crippen LogP contribution is 2.21. The lowest BCUT2D eigenvalue weighted by Crippen LogP contribution is -2.26. The largest absolute Gasteiger partial charge is 0.387 e. The summed E-state index contributed by atoms with van der Waals surface area (Å²) in [5, 5.41) is 16.5. The first kappa shape index (κ1) is 19.4. The summed E-state index contributed by atoms with van der Waals surface area (Å²) in [5.41, 5.74) is 1.78. The van der Waals surface area contributed by atoms with Gasteiger partial charge in [0.2, 0.25) is 0 Å². The highest BCUT2D eigenvalue weighted by Gasteiger charge is 2.16. The quantitative estimate of drug-likeness (QED) is 0.407. The summed E-state index contributed by atoms with van der Waals surface area (Å²) in [7, 11) is 1.66. The molecule has 0 heterocycles. The van der Waals surface area contributed by atoms with E-state index in [0.717, 1.165) is 5.56 Å². The van der Waals surface area contributed by atoms with Crippen LogP contribution in [-0.2, 0) is 4.74 Å². The Morgan fingerprint density at radius 3 is 2.62 bits per heavy atom. The Balaban J connectivity index is 1.82. The van der Waals surface area contributed by atoms with Crippen molar-refractivity contribution >= 4 is 17.3 Å². The van der Waals surface area contributed by atoms with Crippen molar-refractivity contribution in [3.05, 3.63) is 69.8 Å². The summed E-state index contributed by atoms with van der Waals surface area (Å²) in [5.74, 6) is -0.353. The van der Waals surface area contributed by atoms with Crippen molar-refractivity contribution in [3.8, 4) is 0 Å². The molecule has 0 aromatic heterocycles. The number of nitro groups is 1. The highest BCUT2D eigenvalue weighted by atomic mass is 16.6. The molecule has 0 saturated heterocycles. The average Bonchev–Trinajstić information content (AvgIpc) is 2.67. The molecule has 1 atom stereocenters. The number of nitrogens with zero attached hydrogens (tertiary/aromatic N) is 1. The molecule has 7 nitrogen and oxygen atoms in total. The molecule has 0 aliphatic carbocycles. The molecule has 2 aromatic rings. The van der Waals surface area contributed by atoms with Crippen LogP contribution in [-0.4, -0.2) is 31.0 Å². The van der Waals surface area contributed by atoms with E-state index < -0.39 is 4.92 Å². The van der Waals surface area contributed by atoms with E-state index in [1.165, 1.54) is 18.2 Å². The molecule has 0 saturated carbocycles. The number of ether oxygens (including phenoxy) is 1. The summed E-state index contributed by atoms with van der Waals surface area (Å²) in [6, 6.07) is 14.1. The van der Waals surface area contributed by atoms with E-state index >= 15 is 0 Å². The van der Waals surface area contributed by atoms with Gasteiger partial charge in [-0.25, -0.2) is 0 Å². The summed E-state index contributed by atoms with van der Waals surface area (Å²) in [6.45, 7) is 2.91. The lowest BCUT2D eigenvalue weighted by Gasteiger charge is -2.14. The monoisotopic (exact) mass is 357 g/mol. The Kier molecular flexibility index (Phi) is 7.11. The lowest BCUT2D eigenvalue weighted by molar-refractivity contribution is -0.384. The molecule has 0 fully saturated rings. The van der Waals surface area contributed by atoms with Crippen LogP contribution in [0.5, 0.6) is 0 Å². The third-order valence-electron chi connectivity index (χ3n) is 3.97. The number of rotatable bonds is 9. The van der Waals surface area contributed by atoms with Crippen molar-refractivity contribution in [2.45, 2.75) is 19.4 Å². The molecular weight excluding hydrogens is 334 g/mol. The molecule has 0 spiro atoms. The Hall–Kier alpha value is -2.93. The SMILES string of the molecule is CNc1ccc([N+](=O)[O-])cc1C(=O)NCCCOC(C)c1ccccc1. The van der Waals surface area contributed by atoms with Crippen molar-refractivity contribution < 1.29 is 14.5 Å². The molecule has 1 amide bonds. The second-order valence-corrected chi connectivity index (χ2v) is 5.77. The number of hydrogen-bond donors (Lipinski definition) is 2. The predicted octanol–water partition coefficient (Wildman–Crippen LogP) is 3.53. The molecule has 2 rings (SSSR count). The minimum absolute atomic E-state index is 0.0143. The van der Waals surface area contributed by atoms with Gasteiger partial charge in [-0.1, -0.05) is 30.3 Å². The average molecular weight is 357 g/mol. The molecule has 2 aromatic carbocycles. The normalized spacial score (nSPS) is 11.6. The fraction of sp³-hybridized carbons (Fsp3) is 0.316. The van der Waals surface area contributed by atoms with Crippen molar-refractivity contribution in [1.29, 1.82) is 0 Å². The van der Waals surface area contributed by atoms with Crippen LogP contribution >= 0.6 is 0 Å². The molecule has 0 radical (unpaired) electrons. The van der Waals surface area contributed by atoms with E-state index in [1.807, 2.05) is 37.3 Å². The summed E-state index contributed by atoms with van der Waals surface area (Å²) < 4.78 is 5.76. The van der Waals surface area contributed by atoms with Gasteiger partial charge in [0.15, 0.2) is 0 Å². The van der Waals surface area contributed by atoms with Gasteiger partial charge >= 0.3 is 0 Å². The third-order valence-corrected chi connectivity index (χ3v) is 3.97. The molecule has 1 unspecified atom stereocenters. The van der Waals surface area contributed by atoms with Gasteiger partial charge in [-0.3, -0.25) is 14.9 Å². The molecular formula is C19H23N3O4. The van der Waals surface area contributed by atoms with Crippen molar-refractivity contribution in [1.82, 2.24) is 5.32 Å². The van der Waals surface area contributed by atoms with Crippen LogP contribution in [0.4, 0.5) is 11.4 Å². The van der Waals surface area contributed by atoms with Crippen LogP contribution in [0.3, 0.4) is 0 Å². The molecule has 138 valence electrons. The Bertz CT molecular complexity index is 750. The zero-order valence-corrected chi connectivity index (χ0v) is 14.9. The molecule has 0 aliphatic rings. The molecule has 0 aliphatic heterocycles. The van der Waals surface area contributed by atoms with Gasteiger partial charge in [-0.05, 0) is 25.0 Å². The lowest BCUT2D eigenvalue weighted by atomic mass is 10.1. The molecule has 2 N–H and O–H groups in total. The van der Waals surface area contributed by atoms with Crippen molar-refractivity contribution in [2.24, 2.45) is 0 Å². The van der Waals surface area contributed by atoms with Gasteiger partial charge < -0.3 is 15.4 Å². The van der Waals surface area contributed by atoms with Gasteiger partial charge in [-0.2, -0.15) is 0 Å². The maximum absolute atomic E-state index is 12.3. The number of anilines is 1. The number of hydrogen-bond acceptors (Lipinski definition) is 5. The van der Waals surface area contributed by atoms with Crippen LogP contribution in [0, 0.1) is 10.1 Å². The van der Waals surface area contributed by atoms with Gasteiger partial charge in [0.25, 0.3) is 11.6 Å². The second-order valence-electron chi connectivity index (χ2n) is 5.77. The number of nitro benzene ring substituents is 1. The molecule has 7 heteroatoms. The number of nitrogens with one attached hydrogen (secondary N) is 2. The van der Waals surface area contributed by atoms with E-state index in [4.69, 9.17) is 4.74 Å². The number of benzene rings is 2. The van der Waals surface area contributed by atoms with E-state index in [1.54, 1.807) is 7.05 Å². The van der Waals surface area contributed by atoms with E-state index in [9.17, 15) is 14.9 Å². The van der Waals surface area contributed by atoms with Crippen LogP contribution < -0.4 is 10.6 Å². The maximum Gasteiger partial charge on any atom is 0.270 e. The number of carbonyl (C=O) groups is 1. The summed E-state index contributed by atoms with van der Waals surface area (Å²) in [6.07, 6.45) is 0.631. The van der Waals surface area contributed by atoms with E-state index in [-0.39, 0.29) is 23.3 Å². The first-order valence-corrected chi connectivity index (χ1v) is 8.44. The van der Waals surface area contributed by atoms with Crippen LogP contribution in [0.15, 0.2) is 48.5 Å². The fourth-order valence-electron chi connectivity index (χ4n) is 2.50. The van der Waals surface area contributed by atoms with Gasteiger partial charge in [-0.15, -0.1) is 0 Å². The predicted molar refractivity (Wildman–Crippen MR) is 100 cm³/mol. The van der Waals surface area contributed by atoms with Crippen LogP contribution in [0.1, 0.15) is 35.4 Å². The van der Waals surface area contributed by atoms with Crippen LogP contribution in [0.2, 0.25) is 0 Å². The zero-order chi connectivity index (χ0) is 18.9. The number of non-ortho nitro benzene ring substituents is 1.